The molecule has 2 heterocycles. The lowest BCUT2D eigenvalue weighted by atomic mass is 9.93. The van der Waals surface area contributed by atoms with Gasteiger partial charge in [-0.1, -0.05) is 24.3 Å². The van der Waals surface area contributed by atoms with Gasteiger partial charge >= 0.3 is 0 Å². The highest BCUT2D eigenvalue weighted by molar-refractivity contribution is 5.67. The van der Waals surface area contributed by atoms with E-state index in [0.717, 1.165) is 41.3 Å². The highest BCUT2D eigenvalue weighted by Crippen LogP contribution is 2.29. The minimum absolute atomic E-state index is 0.221. The van der Waals surface area contributed by atoms with Gasteiger partial charge < -0.3 is 34.9 Å². The smallest absolute Gasteiger partial charge is 0.134 e. The van der Waals surface area contributed by atoms with Crippen molar-refractivity contribution < 1.29 is 29.6 Å². The number of piperidine rings is 1. The van der Waals surface area contributed by atoms with Crippen molar-refractivity contribution in [3.05, 3.63) is 72.0 Å². The van der Waals surface area contributed by atoms with E-state index >= 15 is 0 Å². The number of hydrogen-bond acceptors (Lipinski definition) is 8. The molecule has 0 radical (unpaired) electrons. The van der Waals surface area contributed by atoms with Crippen LogP contribution in [0.2, 0.25) is 0 Å². The number of likely N-dealkylation sites (tertiary alicyclic amines) is 1. The molecule has 4 rings (SSSR count). The second-order valence-corrected chi connectivity index (χ2v) is 8.96. The molecular weight excluding hydrogens is 448 g/mol. The average Bonchev–Trinajstić information content (AvgIpc) is 3.42. The Hall–Kier alpha value is -2.88. The fourth-order valence-corrected chi connectivity index (χ4v) is 4.54. The summed E-state index contributed by atoms with van der Waals surface area (Å²) in [5, 5.41) is 43.0. The predicted molar refractivity (Wildman–Crippen MR) is 134 cm³/mol. The maximum absolute atomic E-state index is 10.1. The summed E-state index contributed by atoms with van der Waals surface area (Å²) in [5.74, 6) is 1.55. The molecule has 0 saturated carbocycles. The van der Waals surface area contributed by atoms with Crippen molar-refractivity contribution >= 4 is 5.69 Å². The molecule has 8 heteroatoms. The van der Waals surface area contributed by atoms with Gasteiger partial charge in [0.2, 0.25) is 0 Å². The summed E-state index contributed by atoms with van der Waals surface area (Å²) >= 11 is 0. The number of β-amino-alcohol motifs (C(OH)–C–C–N with tert-alkyl or cyclic N) is 1. The van der Waals surface area contributed by atoms with Gasteiger partial charge in [-0.15, -0.1) is 0 Å². The summed E-state index contributed by atoms with van der Waals surface area (Å²) in [6.45, 7) is 1.28. The van der Waals surface area contributed by atoms with Crippen molar-refractivity contribution in [3.8, 4) is 17.1 Å². The van der Waals surface area contributed by atoms with Crippen LogP contribution in [0.5, 0.6) is 5.75 Å². The summed E-state index contributed by atoms with van der Waals surface area (Å²) in [4.78, 5) is 1.84. The van der Waals surface area contributed by atoms with Crippen molar-refractivity contribution in [2.24, 2.45) is 0 Å². The quantitative estimate of drug-likeness (QED) is 0.297. The molecule has 3 aromatic rings. The second kappa shape index (κ2) is 11.7. The topological polar surface area (TPSA) is 119 Å². The van der Waals surface area contributed by atoms with E-state index in [-0.39, 0.29) is 13.2 Å². The third-order valence-corrected chi connectivity index (χ3v) is 6.62. The monoisotopic (exact) mass is 482 g/mol. The average molecular weight is 483 g/mol. The molecule has 1 aliphatic rings. The largest absolute Gasteiger partial charge is 0.497 e. The molecule has 0 bridgehead atoms. The van der Waals surface area contributed by atoms with Crippen LogP contribution in [-0.4, -0.2) is 83.0 Å². The van der Waals surface area contributed by atoms with Crippen LogP contribution in [0.25, 0.3) is 11.3 Å². The maximum atomic E-state index is 10.1. The van der Waals surface area contributed by atoms with E-state index < -0.39 is 24.4 Å². The molecule has 1 aromatic heterocycles. The molecule has 0 aliphatic carbocycles. The van der Waals surface area contributed by atoms with Crippen molar-refractivity contribution in [2.45, 2.75) is 37.2 Å². The van der Waals surface area contributed by atoms with Gasteiger partial charge in [0.05, 0.1) is 32.1 Å². The van der Waals surface area contributed by atoms with Gasteiger partial charge in [0.25, 0.3) is 0 Å². The molecule has 35 heavy (non-hydrogen) atoms. The minimum atomic E-state index is -1.23. The van der Waals surface area contributed by atoms with Crippen molar-refractivity contribution in [1.82, 2.24) is 4.90 Å². The molecule has 5 N–H and O–H groups in total. The first-order chi connectivity index (χ1) is 17.0. The number of methoxy groups -OCH3 is 1. The van der Waals surface area contributed by atoms with Crippen LogP contribution in [0.4, 0.5) is 5.69 Å². The number of rotatable bonds is 10. The number of hydrogen-bond donors (Lipinski definition) is 5. The van der Waals surface area contributed by atoms with Gasteiger partial charge in [-0.3, -0.25) is 4.90 Å². The van der Waals surface area contributed by atoms with Gasteiger partial charge in [0, 0.05) is 37.0 Å². The van der Waals surface area contributed by atoms with Gasteiger partial charge in [-0.05, 0) is 48.2 Å². The predicted octanol–water partition coefficient (Wildman–Crippen LogP) is 1.91. The number of benzene rings is 2. The van der Waals surface area contributed by atoms with Crippen molar-refractivity contribution in [2.75, 3.05) is 38.7 Å². The Bertz CT molecular complexity index is 1060. The Morgan fingerprint density at radius 3 is 2.40 bits per heavy atom. The minimum Gasteiger partial charge on any atom is -0.497 e. The zero-order valence-corrected chi connectivity index (χ0v) is 19.9. The lowest BCUT2D eigenvalue weighted by Gasteiger charge is -2.43. The van der Waals surface area contributed by atoms with E-state index in [4.69, 9.17) is 9.15 Å². The van der Waals surface area contributed by atoms with Crippen LogP contribution in [-0.2, 0) is 12.8 Å². The first kappa shape index (κ1) is 25.2. The molecule has 4 atom stereocenters. The molecular formula is C27H34N2O6. The lowest BCUT2D eigenvalue weighted by Crippen LogP contribution is -2.62. The molecule has 4 unspecified atom stereocenters. The molecule has 8 nitrogen and oxygen atoms in total. The maximum Gasteiger partial charge on any atom is 0.134 e. The number of nitrogens with zero attached hydrogens (tertiary/aromatic N) is 1. The van der Waals surface area contributed by atoms with E-state index in [1.165, 1.54) is 5.56 Å². The van der Waals surface area contributed by atoms with Gasteiger partial charge in [-0.2, -0.15) is 0 Å². The fraction of sp³-hybridized carbons (Fsp3) is 0.407. The molecule has 1 fully saturated rings. The van der Waals surface area contributed by atoms with E-state index in [2.05, 4.69) is 29.6 Å². The highest BCUT2D eigenvalue weighted by Gasteiger charge is 2.40. The summed E-state index contributed by atoms with van der Waals surface area (Å²) in [6.07, 6.45) is -0.210. The van der Waals surface area contributed by atoms with Gasteiger partial charge in [-0.25, -0.2) is 0 Å². The Morgan fingerprint density at radius 1 is 1.00 bits per heavy atom. The van der Waals surface area contributed by atoms with E-state index in [1.807, 2.05) is 35.2 Å². The standard InChI is InChI=1S/C27H34N2O6/c1-34-22-14-20(25-3-2-12-35-25)13-21(15-22)28-10-8-18-4-6-19(7-5-18)9-11-29-16-24(31)27(33)26(32)23(29)17-30/h2-7,12-15,23-24,26-28,30-33H,8-11,16-17H2,1H3. The lowest BCUT2D eigenvalue weighted by molar-refractivity contribution is -0.144. The number of furan rings is 1. The molecule has 2 aromatic carbocycles. The Labute approximate surface area is 205 Å². The fourth-order valence-electron chi connectivity index (χ4n) is 4.54. The third kappa shape index (κ3) is 6.22. The normalized spacial score (nSPS) is 22.8. The van der Waals surface area contributed by atoms with Gasteiger partial charge in [0.15, 0.2) is 0 Å². The van der Waals surface area contributed by atoms with Gasteiger partial charge in [0.1, 0.15) is 23.7 Å². The van der Waals surface area contributed by atoms with Crippen LogP contribution in [0.1, 0.15) is 11.1 Å². The van der Waals surface area contributed by atoms with Crippen LogP contribution in [0.3, 0.4) is 0 Å². The zero-order chi connectivity index (χ0) is 24.8. The van der Waals surface area contributed by atoms with E-state index in [1.54, 1.807) is 13.4 Å². The second-order valence-electron chi connectivity index (χ2n) is 8.96. The number of anilines is 1. The van der Waals surface area contributed by atoms with Crippen LogP contribution in [0, 0.1) is 0 Å². The summed E-state index contributed by atoms with van der Waals surface area (Å²) < 4.78 is 10.9. The summed E-state index contributed by atoms with van der Waals surface area (Å²) in [7, 11) is 1.65. The number of nitrogens with one attached hydrogen (secondary N) is 1. The van der Waals surface area contributed by atoms with E-state index in [9.17, 15) is 20.4 Å². The summed E-state index contributed by atoms with van der Waals surface area (Å²) in [5.41, 5.74) is 4.25. The molecule has 0 spiro atoms. The number of ether oxygens (including phenoxy) is 1. The first-order valence-corrected chi connectivity index (χ1v) is 11.9. The zero-order valence-electron chi connectivity index (χ0n) is 19.9. The Balaban J connectivity index is 1.29. The molecule has 188 valence electrons. The first-order valence-electron chi connectivity index (χ1n) is 11.9. The number of aliphatic hydroxyl groups is 4. The Morgan fingerprint density at radius 2 is 1.74 bits per heavy atom. The molecule has 0 amide bonds. The van der Waals surface area contributed by atoms with Crippen molar-refractivity contribution in [3.63, 3.8) is 0 Å². The summed E-state index contributed by atoms with van der Waals surface area (Å²) in [6, 6.07) is 17.5. The molecule has 1 saturated heterocycles. The van der Waals surface area contributed by atoms with Crippen molar-refractivity contribution in [1.29, 1.82) is 0 Å². The van der Waals surface area contributed by atoms with E-state index in [0.29, 0.717) is 13.0 Å². The SMILES string of the molecule is COc1cc(NCCc2ccc(CCN3CC(O)C(O)C(O)C3CO)cc2)cc(-c2ccco2)c1. The van der Waals surface area contributed by atoms with Crippen LogP contribution >= 0.6 is 0 Å². The highest BCUT2D eigenvalue weighted by atomic mass is 16.5. The number of aliphatic hydroxyl groups excluding tert-OH is 4. The third-order valence-electron chi connectivity index (χ3n) is 6.62. The van der Waals surface area contributed by atoms with Crippen LogP contribution < -0.4 is 10.1 Å². The van der Waals surface area contributed by atoms with Crippen LogP contribution in [0.15, 0.2) is 65.3 Å². The Kier molecular flexibility index (Phi) is 8.43. The molecule has 1 aliphatic heterocycles.